The van der Waals surface area contributed by atoms with Crippen LogP contribution in [0.2, 0.25) is 0 Å². The van der Waals surface area contributed by atoms with Crippen LogP contribution in [0.3, 0.4) is 0 Å². The van der Waals surface area contributed by atoms with E-state index < -0.39 is 40.8 Å². The minimum absolute atomic E-state index is 0.0127. The van der Waals surface area contributed by atoms with Crippen LogP contribution in [0.1, 0.15) is 16.8 Å². The molecule has 0 spiro atoms. The average Bonchev–Trinajstić information content (AvgIpc) is 2.79. The molecule has 1 heterocycles. The van der Waals surface area contributed by atoms with Crippen LogP contribution in [-0.4, -0.2) is 47.4 Å². The number of hydrogen-bond donors (Lipinski definition) is 2. The van der Waals surface area contributed by atoms with Gasteiger partial charge in [0.25, 0.3) is 5.91 Å². The van der Waals surface area contributed by atoms with E-state index >= 15 is 0 Å². The topological polar surface area (TPSA) is 86.7 Å². The second-order valence-corrected chi connectivity index (χ2v) is 5.08. The molecule has 0 bridgehead atoms. The van der Waals surface area contributed by atoms with Gasteiger partial charge in [-0.05, 0) is 0 Å². The second kappa shape index (κ2) is 6.67. The van der Waals surface area contributed by atoms with Gasteiger partial charge in [0, 0.05) is 38.2 Å². The summed E-state index contributed by atoms with van der Waals surface area (Å²) in [5.74, 6) is -7.14. The Hall–Kier alpha value is -2.58. The zero-order valence-electron chi connectivity index (χ0n) is 11.8. The van der Waals surface area contributed by atoms with E-state index in [1.807, 2.05) is 0 Å². The highest BCUT2D eigenvalue weighted by Gasteiger charge is 2.33. The van der Waals surface area contributed by atoms with Crippen molar-refractivity contribution in [3.05, 3.63) is 35.1 Å². The Morgan fingerprint density at radius 2 is 1.87 bits per heavy atom. The number of carbonyl (C=O) groups excluding carboxylic acids is 2. The number of aliphatic carboxylic acids is 1. The quantitative estimate of drug-likeness (QED) is 0.835. The number of halogens is 3. The predicted molar refractivity (Wildman–Crippen MR) is 71.0 cm³/mol. The monoisotopic (exact) mass is 330 g/mol. The Morgan fingerprint density at radius 3 is 2.39 bits per heavy atom. The first-order valence-corrected chi connectivity index (χ1v) is 6.73. The highest BCUT2D eigenvalue weighted by Crippen LogP contribution is 2.17. The van der Waals surface area contributed by atoms with Crippen molar-refractivity contribution in [1.29, 1.82) is 0 Å². The molecular formula is C14H13F3N2O4. The zero-order valence-corrected chi connectivity index (χ0v) is 11.8. The number of amides is 2. The molecule has 1 aliphatic rings. The van der Waals surface area contributed by atoms with Gasteiger partial charge in [-0.15, -0.1) is 0 Å². The van der Waals surface area contributed by atoms with Crippen molar-refractivity contribution < 1.29 is 32.7 Å². The number of carbonyl (C=O) groups is 3. The van der Waals surface area contributed by atoms with Gasteiger partial charge in [-0.3, -0.25) is 14.4 Å². The molecular weight excluding hydrogens is 317 g/mol. The van der Waals surface area contributed by atoms with Crippen LogP contribution in [0.15, 0.2) is 12.1 Å². The molecule has 2 N–H and O–H groups in total. The number of benzene rings is 1. The lowest BCUT2D eigenvalue weighted by Gasteiger charge is -2.16. The molecule has 6 nitrogen and oxygen atoms in total. The van der Waals surface area contributed by atoms with Gasteiger partial charge in [0.2, 0.25) is 5.91 Å². The summed E-state index contributed by atoms with van der Waals surface area (Å²) in [5.41, 5.74) is -0.914. The summed E-state index contributed by atoms with van der Waals surface area (Å²) < 4.78 is 39.6. The minimum Gasteiger partial charge on any atom is -0.481 e. The number of carboxylic acid groups (broad SMARTS) is 1. The Balaban J connectivity index is 1.91. The molecule has 124 valence electrons. The largest absolute Gasteiger partial charge is 0.481 e. The van der Waals surface area contributed by atoms with Crippen LogP contribution in [0.4, 0.5) is 13.2 Å². The van der Waals surface area contributed by atoms with Gasteiger partial charge in [-0.25, -0.2) is 13.2 Å². The van der Waals surface area contributed by atoms with Gasteiger partial charge >= 0.3 is 5.97 Å². The summed E-state index contributed by atoms with van der Waals surface area (Å²) in [5, 5.41) is 11.0. The smallest absolute Gasteiger partial charge is 0.308 e. The fraction of sp³-hybridized carbons (Fsp3) is 0.357. The highest BCUT2D eigenvalue weighted by molar-refractivity contribution is 5.94. The molecule has 0 radical (unpaired) electrons. The van der Waals surface area contributed by atoms with E-state index in [0.717, 1.165) is 0 Å². The first-order chi connectivity index (χ1) is 10.8. The van der Waals surface area contributed by atoms with Crippen molar-refractivity contribution in [3.63, 3.8) is 0 Å². The van der Waals surface area contributed by atoms with E-state index in [0.29, 0.717) is 12.1 Å². The number of likely N-dealkylation sites (tertiary alicyclic amines) is 1. The molecule has 9 heteroatoms. The third-order valence-corrected chi connectivity index (χ3v) is 3.46. The Labute approximate surface area is 128 Å². The van der Waals surface area contributed by atoms with Crippen molar-refractivity contribution in [3.8, 4) is 0 Å². The molecule has 2 rings (SSSR count). The minimum atomic E-state index is -1.33. The van der Waals surface area contributed by atoms with Gasteiger partial charge in [0.15, 0.2) is 0 Å². The first kappa shape index (κ1) is 16.8. The summed E-state index contributed by atoms with van der Waals surface area (Å²) in [6.45, 7) is -0.0880. The van der Waals surface area contributed by atoms with E-state index in [2.05, 4.69) is 5.32 Å². The van der Waals surface area contributed by atoms with Crippen LogP contribution in [0.25, 0.3) is 0 Å². The molecule has 1 aromatic rings. The van der Waals surface area contributed by atoms with E-state index in [-0.39, 0.29) is 32.0 Å². The van der Waals surface area contributed by atoms with E-state index in [9.17, 15) is 27.6 Å². The van der Waals surface area contributed by atoms with Crippen LogP contribution in [0, 0.1) is 23.4 Å². The van der Waals surface area contributed by atoms with Gasteiger partial charge in [0.1, 0.15) is 23.0 Å². The third-order valence-electron chi connectivity index (χ3n) is 3.46. The maximum Gasteiger partial charge on any atom is 0.308 e. The Morgan fingerprint density at radius 1 is 1.26 bits per heavy atom. The molecule has 0 saturated carbocycles. The molecule has 1 aromatic carbocycles. The lowest BCUT2D eigenvalue weighted by molar-refractivity contribution is -0.141. The lowest BCUT2D eigenvalue weighted by atomic mass is 10.1. The van der Waals surface area contributed by atoms with Gasteiger partial charge in [-0.1, -0.05) is 0 Å². The molecule has 1 aliphatic heterocycles. The van der Waals surface area contributed by atoms with Crippen LogP contribution >= 0.6 is 0 Å². The normalized spacial score (nSPS) is 17.4. The van der Waals surface area contributed by atoms with Crippen molar-refractivity contribution in [2.75, 3.05) is 19.6 Å². The molecule has 1 fully saturated rings. The molecule has 1 atom stereocenters. The summed E-state index contributed by atoms with van der Waals surface area (Å²) >= 11 is 0. The molecule has 2 amide bonds. The van der Waals surface area contributed by atoms with Crippen LogP contribution < -0.4 is 5.32 Å². The van der Waals surface area contributed by atoms with Crippen molar-refractivity contribution >= 4 is 17.8 Å². The van der Waals surface area contributed by atoms with Crippen molar-refractivity contribution in [2.24, 2.45) is 5.92 Å². The Bertz CT molecular complexity index is 642. The number of hydrogen-bond acceptors (Lipinski definition) is 3. The maximum absolute atomic E-state index is 13.4. The van der Waals surface area contributed by atoms with Gasteiger partial charge in [0.05, 0.1) is 5.92 Å². The molecule has 1 saturated heterocycles. The van der Waals surface area contributed by atoms with Crippen molar-refractivity contribution in [1.82, 2.24) is 10.2 Å². The fourth-order valence-electron chi connectivity index (χ4n) is 2.31. The van der Waals surface area contributed by atoms with E-state index in [4.69, 9.17) is 5.11 Å². The van der Waals surface area contributed by atoms with Crippen LogP contribution in [0.5, 0.6) is 0 Å². The summed E-state index contributed by atoms with van der Waals surface area (Å²) in [6, 6.07) is 0.777. The maximum atomic E-state index is 13.4. The predicted octanol–water partition coefficient (Wildman–Crippen LogP) is 0.767. The number of rotatable bonds is 5. The molecule has 1 unspecified atom stereocenters. The second-order valence-electron chi connectivity index (χ2n) is 5.08. The number of nitrogens with zero attached hydrogens (tertiary/aromatic N) is 1. The van der Waals surface area contributed by atoms with Gasteiger partial charge in [-0.2, -0.15) is 0 Å². The summed E-state index contributed by atoms with van der Waals surface area (Å²) in [6.07, 6.45) is -0.121. The first-order valence-electron chi connectivity index (χ1n) is 6.73. The van der Waals surface area contributed by atoms with Crippen LogP contribution in [-0.2, 0) is 9.59 Å². The molecule has 0 aliphatic carbocycles. The van der Waals surface area contributed by atoms with E-state index in [1.54, 1.807) is 0 Å². The molecule has 23 heavy (non-hydrogen) atoms. The SMILES string of the molecule is O=C(NCCN1CC(C(=O)O)CC1=O)c1c(F)cc(F)cc1F. The highest BCUT2D eigenvalue weighted by atomic mass is 19.1. The number of carboxylic acids is 1. The standard InChI is InChI=1S/C14H13F3N2O4/c15-8-4-9(16)12(10(17)5-8)13(21)18-1-2-19-6-7(14(22)23)3-11(19)20/h4-5,7H,1-3,6H2,(H,18,21)(H,22,23). The number of nitrogens with one attached hydrogen (secondary N) is 1. The lowest BCUT2D eigenvalue weighted by Crippen LogP contribution is -2.36. The zero-order chi connectivity index (χ0) is 17.1. The molecule has 0 aromatic heterocycles. The fourth-order valence-corrected chi connectivity index (χ4v) is 2.31. The average molecular weight is 330 g/mol. The van der Waals surface area contributed by atoms with Gasteiger partial charge < -0.3 is 15.3 Å². The summed E-state index contributed by atoms with van der Waals surface area (Å²) in [7, 11) is 0. The third kappa shape index (κ3) is 3.79. The Kier molecular flexibility index (Phi) is 4.87. The van der Waals surface area contributed by atoms with Crippen molar-refractivity contribution in [2.45, 2.75) is 6.42 Å². The van der Waals surface area contributed by atoms with E-state index in [1.165, 1.54) is 4.90 Å². The summed E-state index contributed by atoms with van der Waals surface area (Å²) in [4.78, 5) is 35.3.